The molecule has 4 rings (SSSR count). The van der Waals surface area contributed by atoms with Crippen LogP contribution >= 0.6 is 0 Å². The van der Waals surface area contributed by atoms with Crippen LogP contribution in [0.25, 0.3) is 0 Å². The van der Waals surface area contributed by atoms with E-state index in [1.807, 2.05) is 0 Å². The van der Waals surface area contributed by atoms with Gasteiger partial charge in [0, 0.05) is 11.1 Å². The van der Waals surface area contributed by atoms with Crippen LogP contribution in [0.3, 0.4) is 0 Å². The zero-order valence-corrected chi connectivity index (χ0v) is 29.2. The molecule has 4 N–H and O–H groups in total. The summed E-state index contributed by atoms with van der Waals surface area (Å²) in [5.74, 6) is 0. The minimum absolute atomic E-state index is 0. The number of nitrogens with two attached hydrogens (primary N) is 2. The molecule has 2 aromatic carbocycles. The van der Waals surface area contributed by atoms with Crippen molar-refractivity contribution >= 4 is 0 Å². The third kappa shape index (κ3) is 13.9. The van der Waals surface area contributed by atoms with Crippen LogP contribution < -0.4 is 69.4 Å². The molecular formula is C32H54Br2Cl2N4. The van der Waals surface area contributed by atoms with E-state index in [2.05, 4.69) is 71.3 Å². The normalized spacial score (nSPS) is 17.3. The number of quaternary nitrogens is 4. The molecule has 2 fully saturated rings. The Morgan fingerprint density at radius 3 is 1.07 bits per heavy atom. The summed E-state index contributed by atoms with van der Waals surface area (Å²) in [4.78, 5) is 0. The van der Waals surface area contributed by atoms with E-state index in [-0.39, 0.29) is 58.8 Å². The molecule has 2 saturated heterocycles. The van der Waals surface area contributed by atoms with Crippen molar-refractivity contribution in [2.75, 3.05) is 65.4 Å². The molecule has 0 saturated carbocycles. The van der Waals surface area contributed by atoms with Gasteiger partial charge in [0.25, 0.3) is 0 Å². The van der Waals surface area contributed by atoms with Crippen molar-refractivity contribution in [3.8, 4) is 0 Å². The summed E-state index contributed by atoms with van der Waals surface area (Å²) in [5.41, 5.74) is 3.05. The standard InChI is InChI=1S/C32H52N4.2BrH.2ClH/c1(3-5-13-23-35(25-19-33-20-26-35)29-31-15-9-7-10-16-31)2-4-6-14-24-36(27-21-34-22-28-36)30-32-17-11-8-12-18-32;;;;/h7-12,15-18,33-34H,1-6,13-14,19-30H2;4*1H/q+2;;;;/p-2. The molecule has 40 heavy (non-hydrogen) atoms. The maximum absolute atomic E-state index is 2.51. The van der Waals surface area contributed by atoms with Gasteiger partial charge in [-0.15, -0.1) is 0 Å². The Labute approximate surface area is 278 Å². The number of unbranched alkanes of at least 4 members (excludes halogenated alkanes) is 7. The molecule has 2 aromatic rings. The van der Waals surface area contributed by atoms with E-state index in [0.29, 0.717) is 0 Å². The fourth-order valence-corrected chi connectivity index (χ4v) is 6.79. The van der Waals surface area contributed by atoms with E-state index in [9.17, 15) is 0 Å². The number of hydrogen-bond acceptors (Lipinski definition) is 0. The van der Waals surface area contributed by atoms with Gasteiger partial charge in [0.1, 0.15) is 65.4 Å². The monoisotopic (exact) mass is 722 g/mol. The fourth-order valence-electron chi connectivity index (χ4n) is 6.79. The van der Waals surface area contributed by atoms with Crippen LogP contribution in [-0.4, -0.2) is 74.4 Å². The average Bonchev–Trinajstić information content (AvgIpc) is 2.92. The van der Waals surface area contributed by atoms with Crippen molar-refractivity contribution in [1.29, 1.82) is 0 Å². The van der Waals surface area contributed by atoms with Gasteiger partial charge in [0.2, 0.25) is 0 Å². The lowest BCUT2D eigenvalue weighted by Crippen LogP contribution is -3.00. The van der Waals surface area contributed by atoms with Crippen LogP contribution in [-0.2, 0) is 13.1 Å². The Morgan fingerprint density at radius 2 is 0.750 bits per heavy atom. The number of rotatable bonds is 15. The van der Waals surface area contributed by atoms with Crippen LogP contribution in [0.2, 0.25) is 0 Å². The minimum atomic E-state index is 0. The predicted molar refractivity (Wildman–Crippen MR) is 150 cm³/mol. The lowest BCUT2D eigenvalue weighted by Gasteiger charge is -2.40. The highest BCUT2D eigenvalue weighted by molar-refractivity contribution is 5.14. The molecule has 2 aliphatic heterocycles. The van der Waals surface area contributed by atoms with Crippen molar-refractivity contribution in [2.24, 2.45) is 0 Å². The molecule has 0 aliphatic carbocycles. The summed E-state index contributed by atoms with van der Waals surface area (Å²) in [6.07, 6.45) is 11.4. The van der Waals surface area contributed by atoms with Gasteiger partial charge >= 0.3 is 0 Å². The fraction of sp³-hybridized carbons (Fsp3) is 0.625. The quantitative estimate of drug-likeness (QED) is 0.135. The highest BCUT2D eigenvalue weighted by Gasteiger charge is 2.32. The minimum Gasteiger partial charge on any atom is -1.00 e. The van der Waals surface area contributed by atoms with Crippen molar-refractivity contribution < 1.29 is 78.4 Å². The predicted octanol–water partition coefficient (Wildman–Crippen LogP) is -8.69. The number of benzene rings is 2. The van der Waals surface area contributed by atoms with Crippen LogP contribution in [0, 0.1) is 0 Å². The van der Waals surface area contributed by atoms with Gasteiger partial charge in [-0.25, -0.2) is 0 Å². The molecule has 0 radical (unpaired) electrons. The summed E-state index contributed by atoms with van der Waals surface area (Å²) >= 11 is 0. The van der Waals surface area contributed by atoms with E-state index in [0.717, 1.165) is 0 Å². The zero-order chi connectivity index (χ0) is 24.8. The molecule has 0 bridgehead atoms. The van der Waals surface area contributed by atoms with E-state index in [4.69, 9.17) is 0 Å². The zero-order valence-electron chi connectivity index (χ0n) is 24.5. The second-order valence-corrected chi connectivity index (χ2v) is 11.9. The number of piperazine rings is 2. The molecule has 0 aromatic heterocycles. The van der Waals surface area contributed by atoms with Gasteiger partial charge in [0.05, 0.1) is 13.1 Å². The Morgan fingerprint density at radius 1 is 0.450 bits per heavy atom. The largest absolute Gasteiger partial charge is 1.00 e. The molecule has 0 unspecified atom stereocenters. The summed E-state index contributed by atoms with van der Waals surface area (Å²) < 4.78 is 2.64. The topological polar surface area (TPSA) is 33.2 Å². The summed E-state index contributed by atoms with van der Waals surface area (Å²) in [7, 11) is 0. The first-order valence-corrected chi connectivity index (χ1v) is 15.2. The van der Waals surface area contributed by atoms with Gasteiger partial charge in [0.15, 0.2) is 0 Å². The van der Waals surface area contributed by atoms with Gasteiger partial charge in [-0.3, -0.25) is 0 Å². The third-order valence-electron chi connectivity index (χ3n) is 8.97. The summed E-state index contributed by atoms with van der Waals surface area (Å²) in [6.45, 7) is 15.8. The third-order valence-corrected chi connectivity index (χ3v) is 8.97. The van der Waals surface area contributed by atoms with Gasteiger partial charge in [-0.1, -0.05) is 86.3 Å². The molecule has 8 heteroatoms. The van der Waals surface area contributed by atoms with Crippen molar-refractivity contribution in [1.82, 2.24) is 0 Å². The lowest BCUT2D eigenvalue weighted by molar-refractivity contribution is -0.978. The summed E-state index contributed by atoms with van der Waals surface area (Å²) in [6, 6.07) is 22.4. The molecule has 0 spiro atoms. The molecular weight excluding hydrogens is 671 g/mol. The van der Waals surface area contributed by atoms with Crippen LogP contribution in [0.5, 0.6) is 0 Å². The van der Waals surface area contributed by atoms with E-state index in [1.165, 1.54) is 150 Å². The van der Waals surface area contributed by atoms with E-state index >= 15 is 0 Å². The van der Waals surface area contributed by atoms with Crippen LogP contribution in [0.1, 0.15) is 62.5 Å². The molecule has 2 aliphatic rings. The maximum Gasteiger partial charge on any atom is 0.129 e. The molecule has 230 valence electrons. The first-order chi connectivity index (χ1) is 17.8. The number of hydrogen-bond donors (Lipinski definition) is 2. The highest BCUT2D eigenvalue weighted by Crippen LogP contribution is 2.20. The Kier molecular flexibility index (Phi) is 22.3. The first-order valence-electron chi connectivity index (χ1n) is 15.2. The maximum atomic E-state index is 2.51. The van der Waals surface area contributed by atoms with E-state index < -0.39 is 0 Å². The van der Waals surface area contributed by atoms with Crippen molar-refractivity contribution in [3.63, 3.8) is 0 Å². The van der Waals surface area contributed by atoms with E-state index in [1.54, 1.807) is 0 Å². The average molecular weight is 726 g/mol. The summed E-state index contributed by atoms with van der Waals surface area (Å²) in [5, 5.41) is 5.02. The van der Waals surface area contributed by atoms with Crippen molar-refractivity contribution in [2.45, 2.75) is 64.5 Å². The molecule has 0 amide bonds. The van der Waals surface area contributed by atoms with Gasteiger partial charge in [-0.05, 0) is 25.7 Å². The van der Waals surface area contributed by atoms with Gasteiger partial charge < -0.3 is 78.4 Å². The second-order valence-electron chi connectivity index (χ2n) is 11.9. The number of halogens is 4. The highest BCUT2D eigenvalue weighted by atomic mass is 79.9. The first kappa shape index (κ1) is 39.8. The molecule has 0 atom stereocenters. The Balaban J connectivity index is 0.00000380. The van der Waals surface area contributed by atoms with Crippen molar-refractivity contribution in [3.05, 3.63) is 71.8 Å². The lowest BCUT2D eigenvalue weighted by atomic mass is 10.1. The molecule has 4 nitrogen and oxygen atoms in total. The Bertz CT molecular complexity index is 777. The van der Waals surface area contributed by atoms with Crippen LogP contribution in [0.4, 0.5) is 0 Å². The smallest absolute Gasteiger partial charge is 0.129 e. The number of nitrogens with zero attached hydrogens (tertiary/aromatic N) is 2. The molecule has 2 heterocycles. The van der Waals surface area contributed by atoms with Crippen LogP contribution in [0.15, 0.2) is 60.7 Å². The second kappa shape index (κ2) is 22.4. The Hall–Kier alpha value is -0.180. The SMILES string of the molecule is [Br-].[Br-].[Cl-].[Cl-].c1ccc(C[N+]2(CCCCCCCCCC[N+]3(Cc4ccccc4)CC[NH2+]CC3)CC[NH2+]CC2)cc1. The van der Waals surface area contributed by atoms with Gasteiger partial charge in [-0.2, -0.15) is 0 Å².